The maximum Gasteiger partial charge on any atom is 0.267 e. The van der Waals surface area contributed by atoms with Gasteiger partial charge in [0, 0.05) is 0 Å². The van der Waals surface area contributed by atoms with E-state index in [-0.39, 0.29) is 5.91 Å². The van der Waals surface area contributed by atoms with Crippen LogP contribution < -0.4 is 14.8 Å². The van der Waals surface area contributed by atoms with Crippen molar-refractivity contribution in [1.29, 1.82) is 0 Å². The third-order valence-corrected chi connectivity index (χ3v) is 4.73. The van der Waals surface area contributed by atoms with E-state index in [1.54, 1.807) is 26.4 Å². The van der Waals surface area contributed by atoms with E-state index in [1.165, 1.54) is 22.7 Å². The number of hydrogen-bond acceptors (Lipinski definition) is 6. The molecule has 0 aliphatic rings. The molecule has 0 bridgehead atoms. The number of benzene rings is 1. The third-order valence-electron chi connectivity index (χ3n) is 2.88. The van der Waals surface area contributed by atoms with Gasteiger partial charge in [0.15, 0.2) is 5.13 Å². The van der Waals surface area contributed by atoms with Crippen molar-refractivity contribution in [3.63, 3.8) is 0 Å². The van der Waals surface area contributed by atoms with Crippen molar-refractivity contribution in [2.24, 2.45) is 0 Å². The van der Waals surface area contributed by atoms with Crippen LogP contribution in [0.1, 0.15) is 9.67 Å². The number of rotatable bonds is 4. The first-order chi connectivity index (χ1) is 10.2. The Hall–Kier alpha value is -2.12. The number of carbonyl (C=O) groups excluding carboxylic acids is 1. The lowest BCUT2D eigenvalue weighted by Crippen LogP contribution is -2.09. The first-order valence-corrected chi connectivity index (χ1v) is 7.79. The lowest BCUT2D eigenvalue weighted by Gasteiger charge is -2.03. The minimum Gasteiger partial charge on any atom is -0.495 e. The number of hydrogen-bond donors (Lipinski definition) is 1. The first kappa shape index (κ1) is 13.8. The summed E-state index contributed by atoms with van der Waals surface area (Å²) in [5.41, 5.74) is 0.684. The zero-order valence-electron chi connectivity index (χ0n) is 11.4. The molecule has 3 aromatic rings. The van der Waals surface area contributed by atoms with Crippen molar-refractivity contribution < 1.29 is 14.3 Å². The van der Waals surface area contributed by atoms with Crippen LogP contribution in [0.4, 0.5) is 5.13 Å². The fraction of sp³-hybridized carbons (Fsp3) is 0.143. The molecule has 0 aliphatic heterocycles. The van der Waals surface area contributed by atoms with E-state index >= 15 is 0 Å². The molecule has 2 aromatic heterocycles. The van der Waals surface area contributed by atoms with Gasteiger partial charge in [-0.25, -0.2) is 4.98 Å². The molecule has 0 saturated carbocycles. The fourth-order valence-corrected chi connectivity index (χ4v) is 3.49. The Morgan fingerprint density at radius 1 is 1.19 bits per heavy atom. The second kappa shape index (κ2) is 5.71. The minimum atomic E-state index is -0.165. The predicted octanol–water partition coefficient (Wildman–Crippen LogP) is 3.63. The highest BCUT2D eigenvalue weighted by molar-refractivity contribution is 7.22. The largest absolute Gasteiger partial charge is 0.495 e. The molecule has 5 nitrogen and oxygen atoms in total. The second-order valence-corrected chi connectivity index (χ2v) is 6.05. The van der Waals surface area contributed by atoms with Gasteiger partial charge in [0.2, 0.25) is 0 Å². The van der Waals surface area contributed by atoms with Crippen LogP contribution >= 0.6 is 22.7 Å². The summed E-state index contributed by atoms with van der Waals surface area (Å²) in [4.78, 5) is 17.1. The van der Waals surface area contributed by atoms with E-state index in [2.05, 4.69) is 10.3 Å². The molecule has 108 valence electrons. The lowest BCUT2D eigenvalue weighted by molar-refractivity contribution is 0.103. The van der Waals surface area contributed by atoms with E-state index in [9.17, 15) is 4.79 Å². The maximum atomic E-state index is 12.1. The second-order valence-electron chi connectivity index (χ2n) is 4.10. The summed E-state index contributed by atoms with van der Waals surface area (Å²) >= 11 is 2.75. The molecule has 3 rings (SSSR count). The maximum absolute atomic E-state index is 12.1. The summed E-state index contributed by atoms with van der Waals surface area (Å²) < 4.78 is 11.5. The molecular formula is C14H12N2O3S2. The summed E-state index contributed by atoms with van der Waals surface area (Å²) in [5.74, 6) is 1.19. The molecular weight excluding hydrogens is 308 g/mol. The van der Waals surface area contributed by atoms with Gasteiger partial charge >= 0.3 is 0 Å². The SMILES string of the molecule is COc1ccc(OC)c2sc(NC(=O)c3cccs3)nc12. The summed E-state index contributed by atoms with van der Waals surface area (Å²) in [7, 11) is 3.19. The van der Waals surface area contributed by atoms with Crippen LogP contribution in [0, 0.1) is 0 Å². The molecule has 7 heteroatoms. The van der Waals surface area contributed by atoms with Crippen LogP contribution in [0.5, 0.6) is 11.5 Å². The van der Waals surface area contributed by atoms with Crippen LogP contribution in [0.3, 0.4) is 0 Å². The number of nitrogens with zero attached hydrogens (tertiary/aromatic N) is 1. The zero-order chi connectivity index (χ0) is 14.8. The van der Waals surface area contributed by atoms with Gasteiger partial charge in [-0.05, 0) is 23.6 Å². The predicted molar refractivity (Wildman–Crippen MR) is 85.0 cm³/mol. The summed E-state index contributed by atoms with van der Waals surface area (Å²) in [6, 6.07) is 7.23. The molecule has 21 heavy (non-hydrogen) atoms. The molecule has 1 amide bonds. The van der Waals surface area contributed by atoms with Gasteiger partial charge in [-0.15, -0.1) is 11.3 Å². The van der Waals surface area contributed by atoms with Gasteiger partial charge < -0.3 is 9.47 Å². The van der Waals surface area contributed by atoms with Crippen LogP contribution in [0.2, 0.25) is 0 Å². The topological polar surface area (TPSA) is 60.5 Å². The van der Waals surface area contributed by atoms with Gasteiger partial charge in [-0.3, -0.25) is 10.1 Å². The van der Waals surface area contributed by atoms with Crippen LogP contribution in [-0.4, -0.2) is 25.1 Å². The van der Waals surface area contributed by atoms with Crippen molar-refractivity contribution in [1.82, 2.24) is 4.98 Å². The van der Waals surface area contributed by atoms with Gasteiger partial charge in [0.1, 0.15) is 21.7 Å². The number of aromatic nitrogens is 1. The average molecular weight is 320 g/mol. The van der Waals surface area contributed by atoms with Crippen molar-refractivity contribution in [3.8, 4) is 11.5 Å². The Balaban J connectivity index is 1.98. The van der Waals surface area contributed by atoms with Crippen molar-refractivity contribution in [2.45, 2.75) is 0 Å². The molecule has 0 spiro atoms. The van der Waals surface area contributed by atoms with E-state index in [0.717, 1.165) is 4.70 Å². The number of thiazole rings is 1. The van der Waals surface area contributed by atoms with E-state index in [4.69, 9.17) is 9.47 Å². The summed E-state index contributed by atoms with van der Waals surface area (Å²) in [6.07, 6.45) is 0. The van der Waals surface area contributed by atoms with Gasteiger partial charge in [-0.2, -0.15) is 0 Å². The molecule has 1 aromatic carbocycles. The Labute approximate surface area is 129 Å². The van der Waals surface area contributed by atoms with Gasteiger partial charge in [-0.1, -0.05) is 17.4 Å². The molecule has 0 aliphatic carbocycles. The standard InChI is InChI=1S/C14H12N2O3S2/c1-18-8-5-6-9(19-2)12-11(8)15-14(21-12)16-13(17)10-4-3-7-20-10/h3-7H,1-2H3,(H,15,16,17). The number of thiophene rings is 1. The highest BCUT2D eigenvalue weighted by Crippen LogP contribution is 2.38. The number of anilines is 1. The first-order valence-electron chi connectivity index (χ1n) is 6.09. The Morgan fingerprint density at radius 2 is 1.95 bits per heavy atom. The number of fused-ring (bicyclic) bond motifs is 1. The average Bonchev–Trinajstić information content (AvgIpc) is 3.15. The molecule has 0 atom stereocenters. The van der Waals surface area contributed by atoms with Crippen molar-refractivity contribution >= 4 is 43.9 Å². The van der Waals surface area contributed by atoms with Crippen molar-refractivity contribution in [2.75, 3.05) is 19.5 Å². The van der Waals surface area contributed by atoms with E-state index in [0.29, 0.717) is 27.0 Å². The van der Waals surface area contributed by atoms with Crippen LogP contribution in [-0.2, 0) is 0 Å². The molecule has 0 saturated heterocycles. The number of ether oxygens (including phenoxy) is 2. The van der Waals surface area contributed by atoms with Crippen LogP contribution in [0.15, 0.2) is 29.6 Å². The summed E-state index contributed by atoms with van der Waals surface area (Å²) in [5, 5.41) is 5.18. The van der Waals surface area contributed by atoms with Gasteiger partial charge in [0.25, 0.3) is 5.91 Å². The Kier molecular flexibility index (Phi) is 3.76. The highest BCUT2D eigenvalue weighted by Gasteiger charge is 2.16. The molecule has 0 fully saturated rings. The number of amides is 1. The molecule has 2 heterocycles. The highest BCUT2D eigenvalue weighted by atomic mass is 32.1. The number of methoxy groups -OCH3 is 2. The smallest absolute Gasteiger partial charge is 0.267 e. The normalized spacial score (nSPS) is 10.6. The Bertz CT molecular complexity index is 740. The lowest BCUT2D eigenvalue weighted by atomic mass is 10.3. The quantitative estimate of drug-likeness (QED) is 0.797. The van der Waals surface area contributed by atoms with Crippen molar-refractivity contribution in [3.05, 3.63) is 34.5 Å². The minimum absolute atomic E-state index is 0.165. The van der Waals surface area contributed by atoms with E-state index < -0.39 is 0 Å². The molecule has 0 unspecified atom stereocenters. The zero-order valence-corrected chi connectivity index (χ0v) is 13.0. The fourth-order valence-electron chi connectivity index (χ4n) is 1.91. The number of carbonyl (C=O) groups is 1. The van der Waals surface area contributed by atoms with Gasteiger partial charge in [0.05, 0.1) is 19.1 Å². The summed E-state index contributed by atoms with van der Waals surface area (Å²) in [6.45, 7) is 0. The van der Waals surface area contributed by atoms with E-state index in [1.807, 2.05) is 17.5 Å². The number of nitrogens with one attached hydrogen (secondary N) is 1. The Morgan fingerprint density at radius 3 is 2.62 bits per heavy atom. The monoisotopic (exact) mass is 320 g/mol. The molecule has 1 N–H and O–H groups in total. The van der Waals surface area contributed by atoms with Crippen LogP contribution in [0.25, 0.3) is 10.2 Å². The third kappa shape index (κ3) is 2.57. The molecule has 0 radical (unpaired) electrons.